The van der Waals surface area contributed by atoms with Gasteiger partial charge in [-0.15, -0.1) is 0 Å². The molecule has 0 spiro atoms. The minimum atomic E-state index is -0.238. The standard InChI is InChI=1S/C18H19FINOS.C2H6/c1-11-9-16(15(10-23-20)12-3-4-12)21-17(18(11)22-2)13-5-7-14(19)8-6-13;1-2/h5-9,12,15H,3-4,10H2,1-2H3;1-2H3. The van der Waals surface area contributed by atoms with E-state index in [9.17, 15) is 4.39 Å². The maximum Gasteiger partial charge on any atom is 0.148 e. The van der Waals surface area contributed by atoms with Gasteiger partial charge in [0.1, 0.15) is 17.3 Å². The van der Waals surface area contributed by atoms with Gasteiger partial charge in [0, 0.05) is 22.9 Å². The molecule has 0 saturated heterocycles. The smallest absolute Gasteiger partial charge is 0.148 e. The number of ether oxygens (including phenoxy) is 1. The van der Waals surface area contributed by atoms with Crippen LogP contribution in [0.4, 0.5) is 4.39 Å². The monoisotopic (exact) mass is 473 g/mol. The Hall–Kier alpha value is -0.820. The number of hydrogen-bond donors (Lipinski definition) is 0. The number of benzene rings is 1. The molecule has 2 aromatic rings. The van der Waals surface area contributed by atoms with E-state index in [0.717, 1.165) is 39.9 Å². The van der Waals surface area contributed by atoms with Crippen LogP contribution in [0.3, 0.4) is 0 Å². The van der Waals surface area contributed by atoms with Crippen LogP contribution in [0.5, 0.6) is 5.75 Å². The zero-order chi connectivity index (χ0) is 18.4. The van der Waals surface area contributed by atoms with Crippen LogP contribution < -0.4 is 4.74 Å². The van der Waals surface area contributed by atoms with Gasteiger partial charge >= 0.3 is 0 Å². The van der Waals surface area contributed by atoms with Gasteiger partial charge < -0.3 is 4.74 Å². The van der Waals surface area contributed by atoms with Crippen molar-refractivity contribution in [1.29, 1.82) is 0 Å². The Morgan fingerprint density at radius 2 is 1.92 bits per heavy atom. The normalized spacial score (nSPS) is 14.5. The summed E-state index contributed by atoms with van der Waals surface area (Å²) in [6, 6.07) is 8.63. The van der Waals surface area contributed by atoms with Crippen LogP contribution >= 0.6 is 30.1 Å². The summed E-state index contributed by atoms with van der Waals surface area (Å²) in [4.78, 5) is 4.92. The summed E-state index contributed by atoms with van der Waals surface area (Å²) < 4.78 is 18.8. The fourth-order valence-electron chi connectivity index (χ4n) is 2.97. The molecule has 1 aromatic carbocycles. The molecule has 0 bridgehead atoms. The molecule has 1 saturated carbocycles. The van der Waals surface area contributed by atoms with E-state index in [-0.39, 0.29) is 5.82 Å². The van der Waals surface area contributed by atoms with Crippen LogP contribution in [0.25, 0.3) is 11.3 Å². The molecule has 1 fully saturated rings. The van der Waals surface area contributed by atoms with E-state index in [1.807, 2.05) is 22.8 Å². The zero-order valence-corrected chi connectivity index (χ0v) is 18.2. The van der Waals surface area contributed by atoms with Crippen molar-refractivity contribution in [3.63, 3.8) is 0 Å². The summed E-state index contributed by atoms with van der Waals surface area (Å²) in [5.41, 5.74) is 3.92. The number of aromatic nitrogens is 1. The van der Waals surface area contributed by atoms with E-state index in [1.54, 1.807) is 19.2 Å². The summed E-state index contributed by atoms with van der Waals surface area (Å²) in [6.07, 6.45) is 2.58. The van der Waals surface area contributed by atoms with Crippen molar-refractivity contribution >= 4 is 30.1 Å². The van der Waals surface area contributed by atoms with E-state index < -0.39 is 0 Å². The van der Waals surface area contributed by atoms with Gasteiger partial charge in [0.05, 0.1) is 7.11 Å². The van der Waals surface area contributed by atoms with Gasteiger partial charge in [0.15, 0.2) is 0 Å². The van der Waals surface area contributed by atoms with Gasteiger partial charge in [-0.3, -0.25) is 0 Å². The average molecular weight is 473 g/mol. The SMILES string of the molecule is CC.COc1c(C)cc(C(CSI)C2CC2)nc1-c1ccc(F)cc1. The number of halogens is 2. The lowest BCUT2D eigenvalue weighted by Gasteiger charge is -2.19. The van der Waals surface area contributed by atoms with Crippen molar-refractivity contribution in [2.24, 2.45) is 5.92 Å². The molecule has 1 aromatic heterocycles. The molecular formula is C20H25FINOS. The fourth-order valence-corrected chi connectivity index (χ4v) is 4.71. The number of rotatable bonds is 6. The van der Waals surface area contributed by atoms with Crippen LogP contribution in [0.1, 0.15) is 43.9 Å². The number of hydrogen-bond acceptors (Lipinski definition) is 3. The largest absolute Gasteiger partial charge is 0.494 e. The Balaban J connectivity index is 0.00000109. The quantitative estimate of drug-likeness (QED) is 0.431. The van der Waals surface area contributed by atoms with Gasteiger partial charge in [0.25, 0.3) is 0 Å². The molecule has 3 rings (SSSR count). The highest BCUT2D eigenvalue weighted by Gasteiger charge is 2.33. The van der Waals surface area contributed by atoms with Crippen LogP contribution in [0.15, 0.2) is 30.3 Å². The highest BCUT2D eigenvalue weighted by Crippen LogP contribution is 2.46. The molecule has 1 heterocycles. The molecule has 2 nitrogen and oxygen atoms in total. The lowest BCUT2D eigenvalue weighted by Crippen LogP contribution is -2.08. The predicted octanol–water partition coefficient (Wildman–Crippen LogP) is 6.81. The van der Waals surface area contributed by atoms with Crippen LogP contribution in [0, 0.1) is 18.7 Å². The third kappa shape index (κ3) is 5.09. The Morgan fingerprint density at radius 3 is 2.44 bits per heavy atom. The van der Waals surface area contributed by atoms with Crippen molar-refractivity contribution in [2.75, 3.05) is 12.9 Å². The lowest BCUT2D eigenvalue weighted by molar-refractivity contribution is 0.411. The van der Waals surface area contributed by atoms with Crippen molar-refractivity contribution in [3.8, 4) is 17.0 Å². The Labute approximate surface area is 166 Å². The predicted molar refractivity (Wildman–Crippen MR) is 114 cm³/mol. The van der Waals surface area contributed by atoms with Crippen molar-refractivity contribution < 1.29 is 9.13 Å². The third-order valence-electron chi connectivity index (χ3n) is 4.31. The van der Waals surface area contributed by atoms with Crippen LogP contribution in [0.2, 0.25) is 0 Å². The highest BCUT2D eigenvalue weighted by atomic mass is 127. The Bertz CT molecular complexity index is 689. The molecule has 1 aliphatic carbocycles. The molecule has 0 aliphatic heterocycles. The number of pyridine rings is 1. The first-order valence-corrected chi connectivity index (χ1v) is 12.2. The number of methoxy groups -OCH3 is 1. The van der Waals surface area contributed by atoms with Crippen molar-refractivity contribution in [3.05, 3.63) is 47.4 Å². The molecule has 136 valence electrons. The molecular weight excluding hydrogens is 448 g/mol. The van der Waals surface area contributed by atoms with E-state index in [0.29, 0.717) is 5.92 Å². The maximum atomic E-state index is 13.2. The van der Waals surface area contributed by atoms with E-state index in [4.69, 9.17) is 9.72 Å². The van der Waals surface area contributed by atoms with E-state index >= 15 is 0 Å². The van der Waals surface area contributed by atoms with Crippen molar-refractivity contribution in [2.45, 2.75) is 39.5 Å². The average Bonchev–Trinajstić information content (AvgIpc) is 3.46. The van der Waals surface area contributed by atoms with Gasteiger partial charge in [0.2, 0.25) is 0 Å². The molecule has 0 amide bonds. The van der Waals surface area contributed by atoms with Crippen molar-refractivity contribution in [1.82, 2.24) is 4.98 Å². The third-order valence-corrected chi connectivity index (χ3v) is 5.88. The first-order valence-electron chi connectivity index (χ1n) is 8.69. The molecule has 1 unspecified atom stereocenters. The minimum Gasteiger partial charge on any atom is -0.494 e. The fraction of sp³-hybridized carbons (Fsp3) is 0.450. The lowest BCUT2D eigenvalue weighted by atomic mass is 9.98. The summed E-state index contributed by atoms with van der Waals surface area (Å²) in [6.45, 7) is 6.05. The van der Waals surface area contributed by atoms with Gasteiger partial charge in [-0.25, -0.2) is 9.37 Å². The van der Waals surface area contributed by atoms with Gasteiger partial charge in [-0.2, -0.15) is 0 Å². The first kappa shape index (κ1) is 20.5. The second-order valence-corrected chi connectivity index (χ2v) is 8.39. The summed E-state index contributed by atoms with van der Waals surface area (Å²) in [5.74, 6) is 2.85. The second kappa shape index (κ2) is 9.76. The first-order chi connectivity index (χ1) is 12.1. The highest BCUT2D eigenvalue weighted by molar-refractivity contribution is 14.2. The maximum absolute atomic E-state index is 13.2. The molecule has 5 heteroatoms. The minimum absolute atomic E-state index is 0.238. The molecule has 25 heavy (non-hydrogen) atoms. The number of aryl methyl sites for hydroxylation is 1. The molecule has 0 radical (unpaired) electrons. The topological polar surface area (TPSA) is 22.1 Å². The molecule has 1 atom stereocenters. The van der Waals surface area contributed by atoms with E-state index in [2.05, 4.69) is 34.2 Å². The molecule has 0 N–H and O–H groups in total. The van der Waals surface area contributed by atoms with Crippen LogP contribution in [-0.4, -0.2) is 17.8 Å². The van der Waals surface area contributed by atoms with Crippen LogP contribution in [-0.2, 0) is 0 Å². The Morgan fingerprint density at radius 1 is 1.28 bits per heavy atom. The van der Waals surface area contributed by atoms with Gasteiger partial charge in [-0.1, -0.05) is 22.8 Å². The Kier molecular flexibility index (Phi) is 8.00. The second-order valence-electron chi connectivity index (χ2n) is 5.97. The van der Waals surface area contributed by atoms with Gasteiger partial charge in [-0.05, 0) is 82.8 Å². The van der Waals surface area contributed by atoms with E-state index in [1.165, 1.54) is 25.0 Å². The summed E-state index contributed by atoms with van der Waals surface area (Å²) in [5, 5.41) is 0. The number of nitrogens with zero attached hydrogens (tertiary/aromatic N) is 1. The molecule has 1 aliphatic rings. The zero-order valence-electron chi connectivity index (χ0n) is 15.2. The summed E-state index contributed by atoms with van der Waals surface area (Å²) in [7, 11) is 3.50. The summed E-state index contributed by atoms with van der Waals surface area (Å²) >= 11 is 2.36.